The zero-order valence-corrected chi connectivity index (χ0v) is 27.3. The molecule has 2 bridgehead atoms. The third-order valence-corrected chi connectivity index (χ3v) is 10.9. The van der Waals surface area contributed by atoms with Crippen molar-refractivity contribution in [3.63, 3.8) is 0 Å². The number of fused-ring (bicyclic) bond motifs is 3. The molecule has 0 aliphatic heterocycles. The SMILES string of the molecule is N#Cc1cccc2c1C1c3c(C#N)cccc3C2c2c(-c3ccc4c(c3)c3ccccc3n4-c3ccc(-c4ccccc4)cc3)ccc(C#N)c21. The highest BCUT2D eigenvalue weighted by atomic mass is 15.0. The first-order valence-electron chi connectivity index (χ1n) is 17.0. The van der Waals surface area contributed by atoms with Crippen LogP contribution in [-0.4, -0.2) is 4.57 Å². The fourth-order valence-electron chi connectivity index (χ4n) is 8.88. The topological polar surface area (TPSA) is 76.3 Å². The maximum Gasteiger partial charge on any atom is 0.0994 e. The highest BCUT2D eigenvalue weighted by Gasteiger charge is 2.46. The summed E-state index contributed by atoms with van der Waals surface area (Å²) in [5, 5.41) is 33.3. The van der Waals surface area contributed by atoms with Gasteiger partial charge in [-0.15, -0.1) is 0 Å². The quantitative estimate of drug-likeness (QED) is 0.192. The van der Waals surface area contributed by atoms with Gasteiger partial charge in [-0.2, -0.15) is 15.8 Å². The van der Waals surface area contributed by atoms with Crippen LogP contribution in [0.2, 0.25) is 0 Å². The zero-order valence-electron chi connectivity index (χ0n) is 27.3. The Hall–Kier alpha value is -7.19. The highest BCUT2D eigenvalue weighted by Crippen LogP contribution is 2.60. The van der Waals surface area contributed by atoms with E-state index in [0.29, 0.717) is 16.7 Å². The van der Waals surface area contributed by atoms with Crippen molar-refractivity contribution in [3.05, 3.63) is 196 Å². The maximum atomic E-state index is 10.5. The van der Waals surface area contributed by atoms with E-state index in [1.807, 2.05) is 36.4 Å². The van der Waals surface area contributed by atoms with Gasteiger partial charge in [0, 0.05) is 28.3 Å². The molecule has 1 aromatic heterocycles. The van der Waals surface area contributed by atoms with Crippen LogP contribution in [0.15, 0.2) is 146 Å². The molecule has 51 heavy (non-hydrogen) atoms. The van der Waals surface area contributed by atoms with Crippen molar-refractivity contribution >= 4 is 21.8 Å². The number of aromatic nitrogens is 1. The highest BCUT2D eigenvalue weighted by molar-refractivity contribution is 6.10. The summed E-state index contributed by atoms with van der Waals surface area (Å²) in [6.45, 7) is 0. The number of para-hydroxylation sites is 1. The third kappa shape index (κ3) is 3.98. The fourth-order valence-corrected chi connectivity index (χ4v) is 8.88. The molecule has 0 fully saturated rings. The van der Waals surface area contributed by atoms with Crippen LogP contribution in [0.1, 0.15) is 61.9 Å². The van der Waals surface area contributed by atoms with Crippen LogP contribution < -0.4 is 0 Å². The molecule has 4 heteroatoms. The average molecular weight is 647 g/mol. The van der Waals surface area contributed by atoms with Crippen molar-refractivity contribution < 1.29 is 0 Å². The van der Waals surface area contributed by atoms with Crippen LogP contribution >= 0.6 is 0 Å². The summed E-state index contributed by atoms with van der Waals surface area (Å²) in [6, 6.07) is 57.6. The number of benzene rings is 7. The van der Waals surface area contributed by atoms with Gasteiger partial charge < -0.3 is 4.57 Å². The van der Waals surface area contributed by atoms with Gasteiger partial charge in [0.05, 0.1) is 45.9 Å². The summed E-state index contributed by atoms with van der Waals surface area (Å²) >= 11 is 0. The molecule has 0 saturated carbocycles. The molecule has 4 nitrogen and oxygen atoms in total. The molecule has 234 valence electrons. The van der Waals surface area contributed by atoms with Crippen LogP contribution in [0, 0.1) is 34.0 Å². The molecule has 1 heterocycles. The van der Waals surface area contributed by atoms with E-state index >= 15 is 0 Å². The first kappa shape index (κ1) is 28.8. The number of nitriles is 3. The van der Waals surface area contributed by atoms with Gasteiger partial charge in [0.25, 0.3) is 0 Å². The smallest absolute Gasteiger partial charge is 0.0994 e. The van der Waals surface area contributed by atoms with Crippen LogP contribution in [0.5, 0.6) is 0 Å². The van der Waals surface area contributed by atoms with Gasteiger partial charge in [-0.05, 0) is 104 Å². The first-order valence-corrected chi connectivity index (χ1v) is 17.0. The number of rotatable bonds is 3. The second-order valence-corrected chi connectivity index (χ2v) is 13.3. The Balaban J connectivity index is 1.20. The summed E-state index contributed by atoms with van der Waals surface area (Å²) in [5.41, 5.74) is 15.6. The molecule has 0 N–H and O–H groups in total. The predicted octanol–water partition coefficient (Wildman–Crippen LogP) is 10.7. The molecule has 3 aliphatic carbocycles. The van der Waals surface area contributed by atoms with Crippen LogP contribution in [0.4, 0.5) is 0 Å². The summed E-state index contributed by atoms with van der Waals surface area (Å²) in [6.07, 6.45) is 0. The van der Waals surface area contributed by atoms with Crippen molar-refractivity contribution in [2.24, 2.45) is 0 Å². The molecule has 0 radical (unpaired) electrons. The molecule has 0 spiro atoms. The third-order valence-electron chi connectivity index (χ3n) is 10.9. The molecule has 0 atom stereocenters. The lowest BCUT2D eigenvalue weighted by Crippen LogP contribution is -2.30. The average Bonchev–Trinajstić information content (AvgIpc) is 3.53. The van der Waals surface area contributed by atoms with E-state index in [9.17, 15) is 15.8 Å². The molecule has 0 amide bonds. The summed E-state index contributed by atoms with van der Waals surface area (Å²) in [4.78, 5) is 0. The predicted molar refractivity (Wildman–Crippen MR) is 201 cm³/mol. The minimum atomic E-state index is -0.388. The van der Waals surface area contributed by atoms with Gasteiger partial charge in [0.2, 0.25) is 0 Å². The summed E-state index contributed by atoms with van der Waals surface area (Å²) in [5.74, 6) is -0.610. The molecular weight excluding hydrogens is 621 g/mol. The van der Waals surface area contributed by atoms with E-state index in [2.05, 4.69) is 132 Å². The molecular formula is C47H26N4. The zero-order chi connectivity index (χ0) is 34.2. The fraction of sp³-hybridized carbons (Fsp3) is 0.0426. The van der Waals surface area contributed by atoms with Gasteiger partial charge in [0.1, 0.15) is 0 Å². The van der Waals surface area contributed by atoms with Crippen LogP contribution in [0.25, 0.3) is 49.7 Å². The lowest BCUT2D eigenvalue weighted by atomic mass is 9.57. The van der Waals surface area contributed by atoms with Gasteiger partial charge in [-0.1, -0.05) is 97.1 Å². The molecule has 7 aromatic carbocycles. The Labute approximate surface area is 294 Å². The van der Waals surface area contributed by atoms with Crippen LogP contribution in [0.3, 0.4) is 0 Å². The Morgan fingerprint density at radius 1 is 0.412 bits per heavy atom. The first-order chi connectivity index (χ1) is 25.2. The van der Waals surface area contributed by atoms with Gasteiger partial charge >= 0.3 is 0 Å². The largest absolute Gasteiger partial charge is 0.309 e. The minimum Gasteiger partial charge on any atom is -0.309 e. The van der Waals surface area contributed by atoms with E-state index in [1.165, 1.54) is 16.5 Å². The van der Waals surface area contributed by atoms with E-state index < -0.39 is 0 Å². The standard InChI is InChI=1S/C47H26N4/c48-25-31-10-6-13-37-42(31)47-43-32(26-49)11-7-14-38(43)45(37)46-35(22-18-33(27-50)44(46)47)30-19-23-41-39(24-30)36-12-4-5-15-40(36)51(41)34-20-16-29(17-21-34)28-8-2-1-3-9-28/h1-24,45,47H. The van der Waals surface area contributed by atoms with Crippen molar-refractivity contribution in [1.82, 2.24) is 4.57 Å². The number of hydrogen-bond acceptors (Lipinski definition) is 3. The molecule has 0 saturated heterocycles. The maximum absolute atomic E-state index is 10.5. The van der Waals surface area contributed by atoms with Crippen molar-refractivity contribution in [2.75, 3.05) is 0 Å². The van der Waals surface area contributed by atoms with E-state index in [0.717, 1.165) is 66.6 Å². The van der Waals surface area contributed by atoms with E-state index in [4.69, 9.17) is 0 Å². The van der Waals surface area contributed by atoms with Crippen molar-refractivity contribution in [1.29, 1.82) is 15.8 Å². The Morgan fingerprint density at radius 3 is 1.69 bits per heavy atom. The molecule has 0 unspecified atom stereocenters. The lowest BCUT2D eigenvalue weighted by molar-refractivity contribution is 0.749. The molecule has 8 aromatic rings. The lowest BCUT2D eigenvalue weighted by Gasteiger charge is -2.44. The van der Waals surface area contributed by atoms with E-state index in [-0.39, 0.29) is 11.8 Å². The second-order valence-electron chi connectivity index (χ2n) is 13.3. The Morgan fingerprint density at radius 2 is 1.00 bits per heavy atom. The Bertz CT molecular complexity index is 2830. The van der Waals surface area contributed by atoms with Crippen LogP contribution in [-0.2, 0) is 0 Å². The second kappa shape index (κ2) is 10.9. The van der Waals surface area contributed by atoms with E-state index in [1.54, 1.807) is 0 Å². The summed E-state index contributed by atoms with van der Waals surface area (Å²) < 4.78 is 2.33. The summed E-state index contributed by atoms with van der Waals surface area (Å²) in [7, 11) is 0. The van der Waals surface area contributed by atoms with Gasteiger partial charge in [-0.3, -0.25) is 0 Å². The van der Waals surface area contributed by atoms with Gasteiger partial charge in [0.15, 0.2) is 0 Å². The van der Waals surface area contributed by atoms with Crippen molar-refractivity contribution in [2.45, 2.75) is 11.8 Å². The van der Waals surface area contributed by atoms with Crippen molar-refractivity contribution in [3.8, 4) is 46.1 Å². The normalized spacial score (nSPS) is 15.0. The molecule has 3 aliphatic rings. The minimum absolute atomic E-state index is 0.222. The Kier molecular flexibility index (Phi) is 6.16. The number of nitrogens with zero attached hydrogens (tertiary/aromatic N) is 4. The number of hydrogen-bond donors (Lipinski definition) is 0. The van der Waals surface area contributed by atoms with Gasteiger partial charge in [-0.25, -0.2) is 0 Å². The monoisotopic (exact) mass is 646 g/mol. The molecule has 11 rings (SSSR count).